The molecular weight excluding hydrogens is 216 g/mol. The van der Waals surface area contributed by atoms with Crippen LogP contribution in [-0.4, -0.2) is 24.7 Å². The molecule has 2 aromatic heterocycles. The summed E-state index contributed by atoms with van der Waals surface area (Å²) in [7, 11) is 1.85. The number of hydrogen-bond acceptors (Lipinski definition) is 5. The number of hydrogen-bond donors (Lipinski definition) is 1. The van der Waals surface area contributed by atoms with Gasteiger partial charge in [-0.05, 0) is 18.9 Å². The molecule has 0 bridgehead atoms. The van der Waals surface area contributed by atoms with Crippen molar-refractivity contribution < 1.29 is 0 Å². The van der Waals surface area contributed by atoms with Crippen molar-refractivity contribution in [1.82, 2.24) is 24.7 Å². The van der Waals surface area contributed by atoms with E-state index < -0.39 is 0 Å². The van der Waals surface area contributed by atoms with Crippen molar-refractivity contribution in [3.63, 3.8) is 0 Å². The Bertz CT molecular complexity index is 516. The maximum absolute atomic E-state index is 4.47. The number of aromatic nitrogens is 5. The van der Waals surface area contributed by atoms with Gasteiger partial charge in [0.05, 0.1) is 6.54 Å². The van der Waals surface area contributed by atoms with Gasteiger partial charge in [0, 0.05) is 19.2 Å². The predicted molar refractivity (Wildman–Crippen MR) is 62.3 cm³/mol. The summed E-state index contributed by atoms with van der Waals surface area (Å²) in [6, 6.07) is 1.87. The second-order valence-corrected chi connectivity index (χ2v) is 4.26. The summed E-state index contributed by atoms with van der Waals surface area (Å²) in [6.07, 6.45) is 5.91. The molecular formula is C11H14N6. The standard InChI is InChI=1S/C11H14N6/c1-17-7-14-10(16-17)6-13-9-4-5-12-11(15-9)8-2-3-8/h4-5,7-8H,2-3,6H2,1H3,(H,12,13,15). The van der Waals surface area contributed by atoms with Crippen LogP contribution in [0.1, 0.15) is 30.4 Å². The predicted octanol–water partition coefficient (Wildman–Crippen LogP) is 1.09. The monoisotopic (exact) mass is 230 g/mol. The lowest BCUT2D eigenvalue weighted by atomic mass is 10.4. The molecule has 1 aliphatic rings. The summed E-state index contributed by atoms with van der Waals surface area (Å²) in [6.45, 7) is 0.585. The molecule has 0 atom stereocenters. The highest BCUT2D eigenvalue weighted by molar-refractivity contribution is 5.33. The van der Waals surface area contributed by atoms with Crippen LogP contribution < -0.4 is 5.32 Å². The molecule has 0 aliphatic heterocycles. The Hall–Kier alpha value is -1.98. The summed E-state index contributed by atoms with van der Waals surface area (Å²) in [5.41, 5.74) is 0. The van der Waals surface area contributed by atoms with Gasteiger partial charge in [0.2, 0.25) is 0 Å². The lowest BCUT2D eigenvalue weighted by Gasteiger charge is -2.04. The molecule has 0 unspecified atom stereocenters. The van der Waals surface area contributed by atoms with Crippen molar-refractivity contribution in [1.29, 1.82) is 0 Å². The number of rotatable bonds is 4. The van der Waals surface area contributed by atoms with E-state index in [1.165, 1.54) is 12.8 Å². The van der Waals surface area contributed by atoms with Crippen molar-refractivity contribution in [2.24, 2.45) is 7.05 Å². The molecule has 2 heterocycles. The molecule has 0 spiro atoms. The minimum atomic E-state index is 0.574. The Morgan fingerprint density at radius 2 is 2.29 bits per heavy atom. The highest BCUT2D eigenvalue weighted by Gasteiger charge is 2.26. The van der Waals surface area contributed by atoms with Crippen LogP contribution >= 0.6 is 0 Å². The minimum Gasteiger partial charge on any atom is -0.363 e. The third kappa shape index (κ3) is 2.41. The normalized spacial score (nSPS) is 14.9. The number of anilines is 1. The highest BCUT2D eigenvalue weighted by atomic mass is 15.3. The first-order valence-electron chi connectivity index (χ1n) is 5.72. The van der Waals surface area contributed by atoms with E-state index in [1.807, 2.05) is 13.1 Å². The molecule has 88 valence electrons. The topological polar surface area (TPSA) is 68.5 Å². The number of nitrogens with one attached hydrogen (secondary N) is 1. The van der Waals surface area contributed by atoms with Crippen LogP contribution in [0.4, 0.5) is 5.82 Å². The third-order valence-corrected chi connectivity index (χ3v) is 2.69. The van der Waals surface area contributed by atoms with Gasteiger partial charge in [0.25, 0.3) is 0 Å². The van der Waals surface area contributed by atoms with Gasteiger partial charge < -0.3 is 5.32 Å². The summed E-state index contributed by atoms with van der Waals surface area (Å²) < 4.78 is 1.69. The quantitative estimate of drug-likeness (QED) is 0.851. The molecule has 1 aliphatic carbocycles. The van der Waals surface area contributed by atoms with Gasteiger partial charge in [-0.15, -0.1) is 0 Å². The molecule has 6 nitrogen and oxygen atoms in total. The van der Waals surface area contributed by atoms with E-state index in [2.05, 4.69) is 25.4 Å². The second kappa shape index (κ2) is 4.12. The molecule has 1 fully saturated rings. The molecule has 0 aromatic carbocycles. The lowest BCUT2D eigenvalue weighted by molar-refractivity contribution is 0.746. The summed E-state index contributed by atoms with van der Waals surface area (Å²) in [5.74, 6) is 3.13. The van der Waals surface area contributed by atoms with Gasteiger partial charge in [-0.3, -0.25) is 4.68 Å². The SMILES string of the molecule is Cn1cnc(CNc2ccnc(C3CC3)n2)n1. The van der Waals surface area contributed by atoms with Crippen molar-refractivity contribution in [2.45, 2.75) is 25.3 Å². The van der Waals surface area contributed by atoms with Gasteiger partial charge in [0.15, 0.2) is 5.82 Å². The fourth-order valence-corrected chi connectivity index (χ4v) is 1.64. The maximum Gasteiger partial charge on any atom is 0.169 e. The van der Waals surface area contributed by atoms with Gasteiger partial charge in [-0.25, -0.2) is 15.0 Å². The fraction of sp³-hybridized carbons (Fsp3) is 0.455. The van der Waals surface area contributed by atoms with Crippen LogP contribution in [0, 0.1) is 0 Å². The Kier molecular flexibility index (Phi) is 2.47. The molecule has 2 aromatic rings. The van der Waals surface area contributed by atoms with E-state index in [-0.39, 0.29) is 0 Å². The van der Waals surface area contributed by atoms with Crippen molar-refractivity contribution in [3.05, 3.63) is 30.2 Å². The van der Waals surface area contributed by atoms with Crippen LogP contribution in [-0.2, 0) is 13.6 Å². The Balaban J connectivity index is 1.66. The van der Waals surface area contributed by atoms with E-state index in [1.54, 1.807) is 17.2 Å². The zero-order valence-corrected chi connectivity index (χ0v) is 9.67. The van der Waals surface area contributed by atoms with Crippen LogP contribution in [0.3, 0.4) is 0 Å². The van der Waals surface area contributed by atoms with E-state index in [4.69, 9.17) is 0 Å². The zero-order valence-electron chi connectivity index (χ0n) is 9.67. The maximum atomic E-state index is 4.47. The number of aryl methyl sites for hydroxylation is 1. The summed E-state index contributed by atoms with van der Waals surface area (Å²) >= 11 is 0. The third-order valence-electron chi connectivity index (χ3n) is 2.69. The smallest absolute Gasteiger partial charge is 0.169 e. The number of nitrogens with zero attached hydrogens (tertiary/aromatic N) is 5. The van der Waals surface area contributed by atoms with Crippen LogP contribution in [0.15, 0.2) is 18.6 Å². The Morgan fingerprint density at radius 1 is 1.41 bits per heavy atom. The van der Waals surface area contributed by atoms with E-state index in [0.717, 1.165) is 17.5 Å². The molecule has 0 saturated heterocycles. The van der Waals surface area contributed by atoms with Crippen LogP contribution in [0.5, 0.6) is 0 Å². The van der Waals surface area contributed by atoms with Crippen molar-refractivity contribution >= 4 is 5.82 Å². The van der Waals surface area contributed by atoms with Gasteiger partial charge in [-0.1, -0.05) is 0 Å². The van der Waals surface area contributed by atoms with E-state index in [0.29, 0.717) is 12.5 Å². The average molecular weight is 230 g/mol. The summed E-state index contributed by atoms with van der Waals surface area (Å²) in [4.78, 5) is 12.9. The largest absolute Gasteiger partial charge is 0.363 e. The van der Waals surface area contributed by atoms with Gasteiger partial charge >= 0.3 is 0 Å². The van der Waals surface area contributed by atoms with Crippen LogP contribution in [0.2, 0.25) is 0 Å². The fourth-order valence-electron chi connectivity index (χ4n) is 1.64. The first-order chi connectivity index (χ1) is 8.31. The average Bonchev–Trinajstić information content (AvgIpc) is 3.11. The highest BCUT2D eigenvalue weighted by Crippen LogP contribution is 2.37. The molecule has 3 rings (SSSR count). The zero-order chi connectivity index (χ0) is 11.7. The van der Waals surface area contributed by atoms with Crippen molar-refractivity contribution in [3.8, 4) is 0 Å². The summed E-state index contributed by atoms with van der Waals surface area (Å²) in [5, 5.41) is 7.40. The molecule has 1 saturated carbocycles. The molecule has 6 heteroatoms. The Morgan fingerprint density at radius 3 is 3.00 bits per heavy atom. The molecule has 0 radical (unpaired) electrons. The van der Waals surface area contributed by atoms with Gasteiger partial charge in [-0.2, -0.15) is 5.10 Å². The van der Waals surface area contributed by atoms with Crippen LogP contribution in [0.25, 0.3) is 0 Å². The first-order valence-corrected chi connectivity index (χ1v) is 5.72. The van der Waals surface area contributed by atoms with Crippen molar-refractivity contribution in [2.75, 3.05) is 5.32 Å². The van der Waals surface area contributed by atoms with Gasteiger partial charge in [0.1, 0.15) is 18.0 Å². The first kappa shape index (κ1) is 10.2. The van der Waals surface area contributed by atoms with E-state index >= 15 is 0 Å². The Labute approximate surface area is 99.1 Å². The second-order valence-electron chi connectivity index (χ2n) is 4.26. The molecule has 17 heavy (non-hydrogen) atoms. The lowest BCUT2D eigenvalue weighted by Crippen LogP contribution is -2.05. The minimum absolute atomic E-state index is 0.574. The van der Waals surface area contributed by atoms with E-state index in [9.17, 15) is 0 Å². The molecule has 1 N–H and O–H groups in total. The molecule has 0 amide bonds.